The fourth-order valence-corrected chi connectivity index (χ4v) is 1.83. The van der Waals surface area contributed by atoms with Crippen LogP contribution in [0, 0.1) is 0 Å². The Bertz CT molecular complexity index is 365. The molecule has 0 aliphatic carbocycles. The van der Waals surface area contributed by atoms with Gasteiger partial charge in [0.1, 0.15) is 0 Å². The number of aromatic nitrogens is 1. The summed E-state index contributed by atoms with van der Waals surface area (Å²) >= 11 is 0. The highest BCUT2D eigenvalue weighted by Crippen LogP contribution is 2.14. The molecule has 15 heavy (non-hydrogen) atoms. The predicted molar refractivity (Wildman–Crippen MR) is 56.8 cm³/mol. The van der Waals surface area contributed by atoms with Crippen LogP contribution >= 0.6 is 0 Å². The van der Waals surface area contributed by atoms with Gasteiger partial charge in [0.15, 0.2) is 0 Å². The van der Waals surface area contributed by atoms with Crippen molar-refractivity contribution in [2.45, 2.75) is 25.9 Å². The third-order valence-corrected chi connectivity index (χ3v) is 2.63. The number of amides is 1. The Morgan fingerprint density at radius 3 is 2.87 bits per heavy atom. The molecule has 0 radical (unpaired) electrons. The molecule has 0 bridgehead atoms. The van der Waals surface area contributed by atoms with E-state index in [0.29, 0.717) is 19.5 Å². The maximum Gasteiger partial charge on any atom is 0.222 e. The molecule has 1 aromatic heterocycles. The molecule has 1 saturated heterocycles. The second-order valence-corrected chi connectivity index (χ2v) is 3.82. The summed E-state index contributed by atoms with van der Waals surface area (Å²) in [5.74, 6) is 0.244. The molecule has 0 atom stereocenters. The second-order valence-electron chi connectivity index (χ2n) is 3.82. The molecule has 2 rings (SSSR count). The molecule has 4 nitrogen and oxygen atoms in total. The summed E-state index contributed by atoms with van der Waals surface area (Å²) in [6, 6.07) is 2.01. The van der Waals surface area contributed by atoms with Crippen LogP contribution in [0.4, 0.5) is 0 Å². The Morgan fingerprint density at radius 1 is 1.40 bits per heavy atom. The van der Waals surface area contributed by atoms with Crippen molar-refractivity contribution >= 4 is 5.91 Å². The Hall–Kier alpha value is -1.42. The monoisotopic (exact) mass is 205 g/mol. The van der Waals surface area contributed by atoms with Gasteiger partial charge < -0.3 is 10.6 Å². The zero-order valence-corrected chi connectivity index (χ0v) is 8.65. The van der Waals surface area contributed by atoms with E-state index in [-0.39, 0.29) is 5.91 Å². The summed E-state index contributed by atoms with van der Waals surface area (Å²) < 4.78 is 0. The van der Waals surface area contributed by atoms with Gasteiger partial charge in [-0.15, -0.1) is 0 Å². The van der Waals surface area contributed by atoms with Gasteiger partial charge in [0, 0.05) is 38.4 Å². The summed E-state index contributed by atoms with van der Waals surface area (Å²) in [5.41, 5.74) is 7.61. The molecule has 0 unspecified atom stereocenters. The van der Waals surface area contributed by atoms with Gasteiger partial charge >= 0.3 is 0 Å². The van der Waals surface area contributed by atoms with Crippen molar-refractivity contribution in [3.8, 4) is 0 Å². The van der Waals surface area contributed by atoms with E-state index in [1.54, 1.807) is 12.4 Å². The zero-order valence-electron chi connectivity index (χ0n) is 8.65. The standard InChI is InChI=1S/C11H15N3O/c12-5-9-4-10(7-13-6-9)8-14-3-1-2-11(14)15/h4,6-7H,1-3,5,8,12H2. The lowest BCUT2D eigenvalue weighted by molar-refractivity contribution is -0.128. The number of hydrogen-bond donors (Lipinski definition) is 1. The first-order chi connectivity index (χ1) is 7.29. The fraction of sp³-hybridized carbons (Fsp3) is 0.455. The van der Waals surface area contributed by atoms with Crippen LogP contribution < -0.4 is 5.73 Å². The summed E-state index contributed by atoms with van der Waals surface area (Å²) in [6.07, 6.45) is 5.22. The first-order valence-corrected chi connectivity index (χ1v) is 5.20. The molecule has 2 heterocycles. The molecule has 4 heteroatoms. The SMILES string of the molecule is NCc1cncc(CN2CCCC2=O)c1. The number of nitrogens with zero attached hydrogens (tertiary/aromatic N) is 2. The highest BCUT2D eigenvalue weighted by atomic mass is 16.2. The van der Waals surface area contributed by atoms with Crippen molar-refractivity contribution < 1.29 is 4.79 Å². The topological polar surface area (TPSA) is 59.2 Å². The van der Waals surface area contributed by atoms with E-state index < -0.39 is 0 Å². The largest absolute Gasteiger partial charge is 0.338 e. The Morgan fingerprint density at radius 2 is 2.20 bits per heavy atom. The summed E-state index contributed by atoms with van der Waals surface area (Å²) in [5, 5.41) is 0. The van der Waals surface area contributed by atoms with E-state index in [2.05, 4.69) is 4.98 Å². The van der Waals surface area contributed by atoms with E-state index >= 15 is 0 Å². The number of pyridine rings is 1. The van der Waals surface area contributed by atoms with Gasteiger partial charge in [-0.2, -0.15) is 0 Å². The van der Waals surface area contributed by atoms with Crippen LogP contribution in [0.3, 0.4) is 0 Å². The molecule has 1 aliphatic rings. The lowest BCUT2D eigenvalue weighted by Crippen LogP contribution is -2.24. The molecule has 1 aromatic rings. The van der Waals surface area contributed by atoms with Crippen LogP contribution in [0.25, 0.3) is 0 Å². The van der Waals surface area contributed by atoms with Crippen LogP contribution in [0.2, 0.25) is 0 Å². The van der Waals surface area contributed by atoms with Gasteiger partial charge in [-0.3, -0.25) is 9.78 Å². The zero-order chi connectivity index (χ0) is 10.7. The van der Waals surface area contributed by atoms with Crippen molar-refractivity contribution in [1.82, 2.24) is 9.88 Å². The maximum absolute atomic E-state index is 11.4. The Balaban J connectivity index is 2.06. The van der Waals surface area contributed by atoms with Gasteiger partial charge in [0.05, 0.1) is 0 Å². The second kappa shape index (κ2) is 4.40. The fourth-order valence-electron chi connectivity index (χ4n) is 1.83. The van der Waals surface area contributed by atoms with Crippen LogP contribution in [-0.4, -0.2) is 22.3 Å². The molecule has 1 amide bonds. The molecule has 1 fully saturated rings. The lowest BCUT2D eigenvalue weighted by atomic mass is 10.2. The number of carbonyl (C=O) groups is 1. The van der Waals surface area contributed by atoms with E-state index in [1.807, 2.05) is 11.0 Å². The van der Waals surface area contributed by atoms with E-state index in [1.165, 1.54) is 0 Å². The van der Waals surface area contributed by atoms with Gasteiger partial charge in [0.25, 0.3) is 0 Å². The minimum atomic E-state index is 0.244. The predicted octanol–water partition coefficient (Wildman–Crippen LogP) is 0.663. The van der Waals surface area contributed by atoms with Crippen molar-refractivity contribution in [2.75, 3.05) is 6.54 Å². The van der Waals surface area contributed by atoms with Gasteiger partial charge in [0.2, 0.25) is 5.91 Å². The molecule has 0 aromatic carbocycles. The van der Waals surface area contributed by atoms with Crippen molar-refractivity contribution in [3.63, 3.8) is 0 Å². The van der Waals surface area contributed by atoms with Crippen molar-refractivity contribution in [3.05, 3.63) is 29.6 Å². The Labute approximate surface area is 89.1 Å². The number of hydrogen-bond acceptors (Lipinski definition) is 3. The molecule has 0 saturated carbocycles. The van der Waals surface area contributed by atoms with E-state index in [0.717, 1.165) is 24.1 Å². The molecule has 80 valence electrons. The minimum absolute atomic E-state index is 0.244. The average Bonchev–Trinajstić information content (AvgIpc) is 2.65. The Kier molecular flexibility index (Phi) is 2.97. The summed E-state index contributed by atoms with van der Waals surface area (Å²) in [6.45, 7) is 2.03. The number of rotatable bonds is 3. The van der Waals surface area contributed by atoms with Crippen LogP contribution in [-0.2, 0) is 17.9 Å². The van der Waals surface area contributed by atoms with Crippen LogP contribution in [0.5, 0.6) is 0 Å². The minimum Gasteiger partial charge on any atom is -0.338 e. The third kappa shape index (κ3) is 2.33. The quantitative estimate of drug-likeness (QED) is 0.788. The van der Waals surface area contributed by atoms with Crippen LogP contribution in [0.15, 0.2) is 18.5 Å². The third-order valence-electron chi connectivity index (χ3n) is 2.63. The van der Waals surface area contributed by atoms with Gasteiger partial charge in [-0.25, -0.2) is 0 Å². The van der Waals surface area contributed by atoms with Gasteiger partial charge in [-0.05, 0) is 23.6 Å². The highest BCUT2D eigenvalue weighted by Gasteiger charge is 2.19. The van der Waals surface area contributed by atoms with E-state index in [9.17, 15) is 4.79 Å². The number of nitrogens with two attached hydrogens (primary N) is 1. The summed E-state index contributed by atoms with van der Waals surface area (Å²) in [7, 11) is 0. The summed E-state index contributed by atoms with van der Waals surface area (Å²) in [4.78, 5) is 17.4. The molecule has 1 aliphatic heterocycles. The number of likely N-dealkylation sites (tertiary alicyclic amines) is 1. The smallest absolute Gasteiger partial charge is 0.222 e. The molecular formula is C11H15N3O. The first-order valence-electron chi connectivity index (χ1n) is 5.20. The van der Waals surface area contributed by atoms with Crippen molar-refractivity contribution in [1.29, 1.82) is 0 Å². The lowest BCUT2D eigenvalue weighted by Gasteiger charge is -2.15. The normalized spacial score (nSPS) is 16.1. The molecular weight excluding hydrogens is 190 g/mol. The van der Waals surface area contributed by atoms with Crippen molar-refractivity contribution in [2.24, 2.45) is 5.73 Å². The van der Waals surface area contributed by atoms with Gasteiger partial charge in [-0.1, -0.05) is 0 Å². The number of carbonyl (C=O) groups excluding carboxylic acids is 1. The molecule has 2 N–H and O–H groups in total. The first kappa shape index (κ1) is 10.1. The van der Waals surface area contributed by atoms with E-state index in [4.69, 9.17) is 5.73 Å². The van der Waals surface area contributed by atoms with Crippen LogP contribution in [0.1, 0.15) is 24.0 Å². The molecule has 0 spiro atoms. The average molecular weight is 205 g/mol. The highest BCUT2D eigenvalue weighted by molar-refractivity contribution is 5.78. The maximum atomic E-state index is 11.4.